The van der Waals surface area contributed by atoms with Crippen molar-refractivity contribution in [1.29, 1.82) is 0 Å². The van der Waals surface area contributed by atoms with Crippen LogP contribution in [0.5, 0.6) is 0 Å². The maximum Gasteiger partial charge on any atom is 0.0745 e. The number of halogens is 1. The predicted molar refractivity (Wildman–Crippen MR) is 154 cm³/mol. The fourth-order valence-electron chi connectivity index (χ4n) is 4.66. The van der Waals surface area contributed by atoms with Gasteiger partial charge in [-0.3, -0.25) is 4.90 Å². The first-order chi connectivity index (χ1) is 17.5. The molecule has 0 fully saturated rings. The Morgan fingerprint density at radius 3 is 2.22 bits per heavy atom. The molecule has 0 radical (unpaired) electrons. The first-order valence-corrected chi connectivity index (χ1v) is 12.6. The highest BCUT2D eigenvalue weighted by atomic mass is 35.5. The van der Waals surface area contributed by atoms with E-state index in [1.807, 2.05) is 24.3 Å². The SMILES string of the molecule is CN(Cc1ccc(N(C)C)cc1)Cc1cccc(CNc2c3ccccc3nc3cc(Cl)ccc23)c1. The standard InChI is InChI=1S/C31H31ClN4/c1-35(2)26-14-11-22(12-15-26)20-36(3)21-24-8-6-7-23(17-24)19-33-31-27-9-4-5-10-29(27)34-30-18-25(32)13-16-28(30)31/h4-18H,19-21H2,1-3H3,(H,33,34). The summed E-state index contributed by atoms with van der Waals surface area (Å²) in [5, 5.41) is 6.59. The van der Waals surface area contributed by atoms with Gasteiger partial charge in [0.1, 0.15) is 0 Å². The van der Waals surface area contributed by atoms with Crippen LogP contribution in [0.25, 0.3) is 21.8 Å². The molecule has 0 saturated carbocycles. The van der Waals surface area contributed by atoms with E-state index in [4.69, 9.17) is 16.6 Å². The number of fused-ring (bicyclic) bond motifs is 2. The summed E-state index contributed by atoms with van der Waals surface area (Å²) in [6.07, 6.45) is 0. The second-order valence-corrected chi connectivity index (χ2v) is 10.0. The van der Waals surface area contributed by atoms with Crippen LogP contribution in [0, 0.1) is 0 Å². The number of rotatable bonds is 8. The molecular formula is C31H31ClN4. The molecule has 0 aliphatic heterocycles. The van der Waals surface area contributed by atoms with E-state index >= 15 is 0 Å². The summed E-state index contributed by atoms with van der Waals surface area (Å²) in [6, 6.07) is 31.7. The van der Waals surface area contributed by atoms with Gasteiger partial charge in [-0.05, 0) is 60.1 Å². The number of para-hydroxylation sites is 1. The van der Waals surface area contributed by atoms with Crippen LogP contribution in [-0.2, 0) is 19.6 Å². The number of benzene rings is 4. The average molecular weight is 495 g/mol. The van der Waals surface area contributed by atoms with Gasteiger partial charge in [-0.15, -0.1) is 0 Å². The van der Waals surface area contributed by atoms with Crippen molar-refractivity contribution in [2.24, 2.45) is 0 Å². The van der Waals surface area contributed by atoms with Crippen LogP contribution in [0.3, 0.4) is 0 Å². The minimum atomic E-state index is 0.696. The second-order valence-electron chi connectivity index (χ2n) is 9.57. The van der Waals surface area contributed by atoms with Crippen molar-refractivity contribution >= 4 is 44.8 Å². The molecule has 0 atom stereocenters. The molecule has 1 heterocycles. The highest BCUT2D eigenvalue weighted by molar-refractivity contribution is 6.31. The largest absolute Gasteiger partial charge is 0.380 e. The van der Waals surface area contributed by atoms with Gasteiger partial charge in [0.2, 0.25) is 0 Å². The number of pyridine rings is 1. The Morgan fingerprint density at radius 2 is 1.42 bits per heavy atom. The normalized spacial score (nSPS) is 11.4. The Hall–Kier alpha value is -3.60. The molecule has 0 unspecified atom stereocenters. The number of hydrogen-bond acceptors (Lipinski definition) is 4. The van der Waals surface area contributed by atoms with Crippen molar-refractivity contribution in [3.63, 3.8) is 0 Å². The van der Waals surface area contributed by atoms with Crippen molar-refractivity contribution in [3.8, 4) is 0 Å². The summed E-state index contributed by atoms with van der Waals surface area (Å²) in [5.74, 6) is 0. The molecule has 0 aliphatic carbocycles. The summed E-state index contributed by atoms with van der Waals surface area (Å²) in [4.78, 5) is 9.29. The van der Waals surface area contributed by atoms with E-state index in [0.717, 1.165) is 47.1 Å². The van der Waals surface area contributed by atoms with E-state index < -0.39 is 0 Å². The third-order valence-corrected chi connectivity index (χ3v) is 6.70. The molecule has 4 aromatic carbocycles. The molecule has 4 nitrogen and oxygen atoms in total. The van der Waals surface area contributed by atoms with Crippen LogP contribution >= 0.6 is 11.6 Å². The topological polar surface area (TPSA) is 31.4 Å². The Morgan fingerprint density at radius 1 is 0.694 bits per heavy atom. The number of hydrogen-bond donors (Lipinski definition) is 1. The van der Waals surface area contributed by atoms with Crippen molar-refractivity contribution in [3.05, 3.63) is 113 Å². The highest BCUT2D eigenvalue weighted by Gasteiger charge is 2.10. The predicted octanol–water partition coefficient (Wildman–Crippen LogP) is 7.35. The molecule has 5 rings (SSSR count). The van der Waals surface area contributed by atoms with Gasteiger partial charge in [0.15, 0.2) is 0 Å². The number of anilines is 2. The maximum atomic E-state index is 6.26. The van der Waals surface area contributed by atoms with Crippen molar-refractivity contribution in [2.45, 2.75) is 19.6 Å². The number of aromatic nitrogens is 1. The number of nitrogens with one attached hydrogen (secondary N) is 1. The van der Waals surface area contributed by atoms with Crippen LogP contribution in [0.2, 0.25) is 5.02 Å². The van der Waals surface area contributed by atoms with E-state index in [1.165, 1.54) is 22.4 Å². The first kappa shape index (κ1) is 24.1. The zero-order chi connectivity index (χ0) is 25.1. The molecule has 0 saturated heterocycles. The summed E-state index contributed by atoms with van der Waals surface area (Å²) >= 11 is 6.26. The minimum absolute atomic E-state index is 0.696. The van der Waals surface area contributed by atoms with Gasteiger partial charge >= 0.3 is 0 Å². The van der Waals surface area contributed by atoms with Crippen LogP contribution in [0.1, 0.15) is 16.7 Å². The molecule has 0 aliphatic rings. The van der Waals surface area contributed by atoms with E-state index in [0.29, 0.717) is 5.02 Å². The van der Waals surface area contributed by atoms with Gasteiger partial charge in [-0.2, -0.15) is 0 Å². The first-order valence-electron chi connectivity index (χ1n) is 12.2. The van der Waals surface area contributed by atoms with Crippen LogP contribution in [-0.4, -0.2) is 31.0 Å². The highest BCUT2D eigenvalue weighted by Crippen LogP contribution is 2.32. The maximum absolute atomic E-state index is 6.26. The Labute approximate surface area is 218 Å². The van der Waals surface area contributed by atoms with Gasteiger partial charge in [0.05, 0.1) is 16.7 Å². The van der Waals surface area contributed by atoms with Crippen LogP contribution in [0.15, 0.2) is 91.0 Å². The van der Waals surface area contributed by atoms with Gasteiger partial charge in [-0.1, -0.05) is 66.2 Å². The van der Waals surface area contributed by atoms with Crippen molar-refractivity contribution in [1.82, 2.24) is 9.88 Å². The summed E-state index contributed by atoms with van der Waals surface area (Å²) < 4.78 is 0. The Kier molecular flexibility index (Phi) is 7.08. The van der Waals surface area contributed by atoms with E-state index in [-0.39, 0.29) is 0 Å². The monoisotopic (exact) mass is 494 g/mol. The summed E-state index contributed by atoms with van der Waals surface area (Å²) in [6.45, 7) is 2.53. The molecular weight excluding hydrogens is 464 g/mol. The lowest BCUT2D eigenvalue weighted by Crippen LogP contribution is -2.17. The van der Waals surface area contributed by atoms with Crippen molar-refractivity contribution in [2.75, 3.05) is 31.4 Å². The molecule has 36 heavy (non-hydrogen) atoms. The molecule has 5 aromatic rings. The minimum Gasteiger partial charge on any atom is -0.380 e. The van der Waals surface area contributed by atoms with Crippen LogP contribution in [0.4, 0.5) is 11.4 Å². The molecule has 0 amide bonds. The third kappa shape index (κ3) is 5.46. The summed E-state index contributed by atoms with van der Waals surface area (Å²) in [5.41, 5.74) is 8.05. The quantitative estimate of drug-likeness (QED) is 0.228. The Balaban J connectivity index is 1.31. The zero-order valence-corrected chi connectivity index (χ0v) is 21.8. The molecule has 182 valence electrons. The second kappa shape index (κ2) is 10.6. The lowest BCUT2D eigenvalue weighted by Gasteiger charge is -2.19. The van der Waals surface area contributed by atoms with Crippen molar-refractivity contribution < 1.29 is 0 Å². The molecule has 1 aromatic heterocycles. The summed E-state index contributed by atoms with van der Waals surface area (Å²) in [7, 11) is 6.31. The van der Waals surface area contributed by atoms with Gasteiger partial charge in [-0.25, -0.2) is 4.98 Å². The fourth-order valence-corrected chi connectivity index (χ4v) is 4.83. The van der Waals surface area contributed by atoms with E-state index in [9.17, 15) is 0 Å². The van der Waals surface area contributed by atoms with Gasteiger partial charge in [0, 0.05) is 55.2 Å². The van der Waals surface area contributed by atoms with E-state index in [2.05, 4.69) is 103 Å². The average Bonchev–Trinajstić information content (AvgIpc) is 2.87. The van der Waals surface area contributed by atoms with Gasteiger partial charge in [0.25, 0.3) is 0 Å². The third-order valence-electron chi connectivity index (χ3n) is 6.46. The lowest BCUT2D eigenvalue weighted by atomic mass is 10.1. The Bertz CT molecular complexity index is 1490. The van der Waals surface area contributed by atoms with Crippen LogP contribution < -0.4 is 10.2 Å². The van der Waals surface area contributed by atoms with Gasteiger partial charge < -0.3 is 10.2 Å². The fraction of sp³-hybridized carbons (Fsp3) is 0.194. The smallest absolute Gasteiger partial charge is 0.0745 e. The molecule has 5 heteroatoms. The molecule has 0 bridgehead atoms. The molecule has 1 N–H and O–H groups in total. The lowest BCUT2D eigenvalue weighted by molar-refractivity contribution is 0.319. The van der Waals surface area contributed by atoms with E-state index in [1.54, 1.807) is 0 Å². The number of nitrogens with zero attached hydrogens (tertiary/aromatic N) is 3. The zero-order valence-electron chi connectivity index (χ0n) is 21.0. The molecule has 0 spiro atoms.